The van der Waals surface area contributed by atoms with E-state index in [1.807, 2.05) is 13.8 Å². The van der Waals surface area contributed by atoms with Gasteiger partial charge in [0.2, 0.25) is 11.8 Å². The molecule has 0 aliphatic heterocycles. The van der Waals surface area contributed by atoms with Gasteiger partial charge >= 0.3 is 0 Å². The monoisotopic (exact) mass is 401 g/mol. The van der Waals surface area contributed by atoms with Crippen molar-refractivity contribution in [1.82, 2.24) is 10.6 Å². The molecule has 1 atom stereocenters. The molecule has 6 nitrogen and oxygen atoms in total. The van der Waals surface area contributed by atoms with Gasteiger partial charge in [-0.1, -0.05) is 29.8 Å². The summed E-state index contributed by atoms with van der Waals surface area (Å²) in [6.45, 7) is 5.62. The first-order valence-corrected chi connectivity index (χ1v) is 9.39. The van der Waals surface area contributed by atoms with Crippen molar-refractivity contribution in [3.8, 4) is 0 Å². The summed E-state index contributed by atoms with van der Waals surface area (Å²) in [5, 5.41) is 8.93. The Kier molecular flexibility index (Phi) is 7.58. The minimum Gasteiger partial charge on any atom is -0.352 e. The molecule has 0 fully saturated rings. The molecular formula is C21H24ClN3O3. The minimum atomic E-state index is -0.485. The van der Waals surface area contributed by atoms with Gasteiger partial charge in [-0.2, -0.15) is 0 Å². The molecule has 3 N–H and O–H groups in total. The molecule has 0 spiro atoms. The van der Waals surface area contributed by atoms with E-state index in [0.29, 0.717) is 22.8 Å². The van der Waals surface area contributed by atoms with Crippen molar-refractivity contribution in [2.45, 2.75) is 33.2 Å². The third-order valence-electron chi connectivity index (χ3n) is 4.15. The molecule has 0 saturated carbocycles. The van der Waals surface area contributed by atoms with Crippen LogP contribution in [0.5, 0.6) is 0 Å². The molecule has 0 saturated heterocycles. The quantitative estimate of drug-likeness (QED) is 0.662. The fourth-order valence-corrected chi connectivity index (χ4v) is 2.87. The van der Waals surface area contributed by atoms with E-state index in [2.05, 4.69) is 16.0 Å². The molecule has 0 heterocycles. The molecule has 0 bridgehead atoms. The van der Waals surface area contributed by atoms with Gasteiger partial charge < -0.3 is 16.0 Å². The Morgan fingerprint density at radius 1 is 1.07 bits per heavy atom. The summed E-state index contributed by atoms with van der Waals surface area (Å²) in [6, 6.07) is 11.6. The molecule has 3 amide bonds. The zero-order valence-corrected chi connectivity index (χ0v) is 16.9. The molecule has 7 heteroatoms. The van der Waals surface area contributed by atoms with Crippen LogP contribution in [0.25, 0.3) is 0 Å². The zero-order chi connectivity index (χ0) is 20.7. The molecule has 0 aliphatic carbocycles. The van der Waals surface area contributed by atoms with Crippen molar-refractivity contribution in [2.24, 2.45) is 0 Å². The number of hydrogen-bond acceptors (Lipinski definition) is 3. The number of aryl methyl sites for hydroxylation is 1. The summed E-state index contributed by atoms with van der Waals surface area (Å²) in [5.41, 5.74) is 2.65. The molecule has 0 radical (unpaired) electrons. The zero-order valence-electron chi connectivity index (χ0n) is 16.1. The number of rotatable bonds is 7. The van der Waals surface area contributed by atoms with Gasteiger partial charge in [0.05, 0.1) is 12.5 Å². The Labute approximate surface area is 169 Å². The van der Waals surface area contributed by atoms with Gasteiger partial charge in [0, 0.05) is 29.7 Å². The Hall–Kier alpha value is -2.86. The SMILES string of the molecule is CCNC(=O)c1ccc(C)c(NC(=O)CC(NC(C)=O)c2ccc(Cl)cc2)c1. The van der Waals surface area contributed by atoms with Gasteiger partial charge in [0.15, 0.2) is 0 Å². The second kappa shape index (κ2) is 9.90. The highest BCUT2D eigenvalue weighted by Crippen LogP contribution is 2.22. The van der Waals surface area contributed by atoms with E-state index in [1.165, 1.54) is 6.92 Å². The van der Waals surface area contributed by atoms with E-state index < -0.39 is 6.04 Å². The van der Waals surface area contributed by atoms with E-state index in [4.69, 9.17) is 11.6 Å². The third-order valence-corrected chi connectivity index (χ3v) is 4.40. The fourth-order valence-electron chi connectivity index (χ4n) is 2.74. The number of anilines is 1. The molecular weight excluding hydrogens is 378 g/mol. The van der Waals surface area contributed by atoms with Gasteiger partial charge in [-0.25, -0.2) is 0 Å². The van der Waals surface area contributed by atoms with Crippen LogP contribution >= 0.6 is 11.6 Å². The van der Waals surface area contributed by atoms with E-state index in [1.54, 1.807) is 42.5 Å². The largest absolute Gasteiger partial charge is 0.352 e. The number of carbonyl (C=O) groups is 3. The number of hydrogen-bond donors (Lipinski definition) is 3. The van der Waals surface area contributed by atoms with E-state index in [0.717, 1.165) is 11.1 Å². The van der Waals surface area contributed by atoms with Crippen LogP contribution < -0.4 is 16.0 Å². The van der Waals surface area contributed by atoms with Crippen LogP contribution in [-0.4, -0.2) is 24.3 Å². The highest BCUT2D eigenvalue weighted by Gasteiger charge is 2.18. The van der Waals surface area contributed by atoms with Gasteiger partial charge in [0.1, 0.15) is 0 Å². The van der Waals surface area contributed by atoms with Crippen LogP contribution in [-0.2, 0) is 9.59 Å². The molecule has 1 unspecified atom stereocenters. The molecule has 148 valence electrons. The second-order valence-corrected chi connectivity index (χ2v) is 6.88. The maximum atomic E-state index is 12.6. The van der Waals surface area contributed by atoms with Crippen LogP contribution in [0, 0.1) is 6.92 Å². The lowest BCUT2D eigenvalue weighted by atomic mass is 10.0. The third kappa shape index (κ3) is 6.09. The summed E-state index contributed by atoms with van der Waals surface area (Å²) in [4.78, 5) is 36.2. The summed E-state index contributed by atoms with van der Waals surface area (Å²) < 4.78 is 0. The van der Waals surface area contributed by atoms with Crippen molar-refractivity contribution < 1.29 is 14.4 Å². The second-order valence-electron chi connectivity index (χ2n) is 6.45. The fraction of sp³-hybridized carbons (Fsp3) is 0.286. The molecule has 0 aromatic heterocycles. The number of benzene rings is 2. The summed E-state index contributed by atoms with van der Waals surface area (Å²) in [6.07, 6.45) is 0.0477. The van der Waals surface area contributed by atoms with Crippen LogP contribution in [0.15, 0.2) is 42.5 Å². The Morgan fingerprint density at radius 3 is 2.36 bits per heavy atom. The maximum Gasteiger partial charge on any atom is 0.251 e. The smallest absolute Gasteiger partial charge is 0.251 e. The lowest BCUT2D eigenvalue weighted by molar-refractivity contribution is -0.120. The summed E-state index contributed by atoms with van der Waals surface area (Å²) in [5.74, 6) is -0.706. The van der Waals surface area contributed by atoms with Gasteiger partial charge in [-0.05, 0) is 49.2 Å². The predicted molar refractivity (Wildman–Crippen MR) is 110 cm³/mol. The lowest BCUT2D eigenvalue weighted by Gasteiger charge is -2.19. The van der Waals surface area contributed by atoms with E-state index >= 15 is 0 Å². The first-order valence-electron chi connectivity index (χ1n) is 9.01. The van der Waals surface area contributed by atoms with Crippen molar-refractivity contribution in [3.05, 3.63) is 64.2 Å². The maximum absolute atomic E-state index is 12.6. The Morgan fingerprint density at radius 2 is 1.75 bits per heavy atom. The van der Waals surface area contributed by atoms with Crippen LogP contribution in [0.3, 0.4) is 0 Å². The van der Waals surface area contributed by atoms with Gasteiger partial charge in [-0.15, -0.1) is 0 Å². The van der Waals surface area contributed by atoms with Crippen molar-refractivity contribution in [2.75, 3.05) is 11.9 Å². The van der Waals surface area contributed by atoms with Crippen LogP contribution in [0.2, 0.25) is 5.02 Å². The number of amides is 3. The first kappa shape index (κ1) is 21.4. The molecule has 28 heavy (non-hydrogen) atoms. The summed E-state index contributed by atoms with van der Waals surface area (Å²) in [7, 11) is 0. The lowest BCUT2D eigenvalue weighted by Crippen LogP contribution is -2.30. The Bertz CT molecular complexity index is 866. The van der Waals surface area contributed by atoms with E-state index in [-0.39, 0.29) is 24.1 Å². The highest BCUT2D eigenvalue weighted by atomic mass is 35.5. The van der Waals surface area contributed by atoms with Crippen LogP contribution in [0.1, 0.15) is 47.8 Å². The molecule has 2 aromatic rings. The van der Waals surface area contributed by atoms with Gasteiger partial charge in [-0.3, -0.25) is 14.4 Å². The van der Waals surface area contributed by atoms with Crippen molar-refractivity contribution >= 4 is 35.0 Å². The minimum absolute atomic E-state index is 0.0477. The van der Waals surface area contributed by atoms with E-state index in [9.17, 15) is 14.4 Å². The van der Waals surface area contributed by atoms with Crippen molar-refractivity contribution in [1.29, 1.82) is 0 Å². The first-order chi connectivity index (χ1) is 13.3. The topological polar surface area (TPSA) is 87.3 Å². The number of nitrogens with one attached hydrogen (secondary N) is 3. The summed E-state index contributed by atoms with van der Waals surface area (Å²) >= 11 is 5.92. The van der Waals surface area contributed by atoms with Crippen molar-refractivity contribution in [3.63, 3.8) is 0 Å². The van der Waals surface area contributed by atoms with Crippen LogP contribution in [0.4, 0.5) is 5.69 Å². The van der Waals surface area contributed by atoms with Gasteiger partial charge in [0.25, 0.3) is 5.91 Å². The highest BCUT2D eigenvalue weighted by molar-refractivity contribution is 6.30. The standard InChI is InChI=1S/C21H24ClN3O3/c1-4-23-21(28)16-6-5-13(2)18(11-16)25-20(27)12-19(24-14(3)26)15-7-9-17(22)10-8-15/h5-11,19H,4,12H2,1-3H3,(H,23,28)(H,24,26)(H,25,27). The average molecular weight is 402 g/mol. The molecule has 0 aliphatic rings. The molecule has 2 rings (SSSR count). The average Bonchev–Trinajstić information content (AvgIpc) is 2.63. The number of carbonyl (C=O) groups excluding carboxylic acids is 3. The molecule has 2 aromatic carbocycles. The predicted octanol–water partition coefficient (Wildman–Crippen LogP) is 3.60. The normalized spacial score (nSPS) is 11.4. The Balaban J connectivity index is 2.16. The number of halogens is 1.